The highest BCUT2D eigenvalue weighted by molar-refractivity contribution is 5.86. The Balaban J connectivity index is 2.52. The largest absolute Gasteiger partial charge is 0.380 e. The molecule has 1 fully saturated rings. The average Bonchev–Trinajstić information content (AvgIpc) is 2.85. The molecule has 5 nitrogen and oxygen atoms in total. The second kappa shape index (κ2) is 8.51. The predicted molar refractivity (Wildman–Crippen MR) is 75.0 cm³/mol. The Morgan fingerprint density at radius 3 is 2.00 bits per heavy atom. The fourth-order valence-electron chi connectivity index (χ4n) is 2.49. The van der Waals surface area contributed by atoms with Crippen molar-refractivity contribution in [3.63, 3.8) is 0 Å². The standard InChI is InChI=1S/C14H28N2O3/c1-3-18-11-9-16(10-12-19-4-2)13(17)14(15)7-5-6-8-14/h3-12,15H2,1-2H3. The Labute approximate surface area is 116 Å². The summed E-state index contributed by atoms with van der Waals surface area (Å²) in [4.78, 5) is 14.3. The molecule has 0 bridgehead atoms. The summed E-state index contributed by atoms with van der Waals surface area (Å²) in [6.45, 7) is 7.55. The fourth-order valence-corrected chi connectivity index (χ4v) is 2.49. The first-order chi connectivity index (χ1) is 9.14. The van der Waals surface area contributed by atoms with Crippen LogP contribution in [0.15, 0.2) is 0 Å². The van der Waals surface area contributed by atoms with Crippen LogP contribution in [-0.4, -0.2) is 55.9 Å². The molecule has 0 atom stereocenters. The van der Waals surface area contributed by atoms with Crippen LogP contribution >= 0.6 is 0 Å². The van der Waals surface area contributed by atoms with Crippen LogP contribution in [0.2, 0.25) is 0 Å². The van der Waals surface area contributed by atoms with Crippen LogP contribution in [0.3, 0.4) is 0 Å². The Bertz CT molecular complexity index is 255. The average molecular weight is 272 g/mol. The van der Waals surface area contributed by atoms with Crippen molar-refractivity contribution in [1.82, 2.24) is 4.90 Å². The molecule has 19 heavy (non-hydrogen) atoms. The van der Waals surface area contributed by atoms with Crippen molar-refractivity contribution in [2.45, 2.75) is 45.1 Å². The van der Waals surface area contributed by atoms with Crippen molar-refractivity contribution in [1.29, 1.82) is 0 Å². The molecule has 0 heterocycles. The number of rotatable bonds is 9. The molecule has 2 N–H and O–H groups in total. The monoisotopic (exact) mass is 272 g/mol. The Kier molecular flexibility index (Phi) is 7.34. The SMILES string of the molecule is CCOCCN(CCOCC)C(=O)C1(N)CCCC1. The van der Waals surface area contributed by atoms with E-state index in [1.165, 1.54) is 0 Å². The molecule has 5 heteroatoms. The maximum absolute atomic E-state index is 12.5. The van der Waals surface area contributed by atoms with Crippen LogP contribution < -0.4 is 5.73 Å². The number of ether oxygens (including phenoxy) is 2. The van der Waals surface area contributed by atoms with Crippen molar-refractivity contribution in [2.24, 2.45) is 5.73 Å². The van der Waals surface area contributed by atoms with Crippen LogP contribution in [0, 0.1) is 0 Å². The number of carbonyl (C=O) groups excluding carboxylic acids is 1. The first-order valence-corrected chi connectivity index (χ1v) is 7.37. The van der Waals surface area contributed by atoms with Gasteiger partial charge in [-0.1, -0.05) is 12.8 Å². The molecule has 0 aromatic heterocycles. The zero-order valence-corrected chi connectivity index (χ0v) is 12.3. The maximum Gasteiger partial charge on any atom is 0.242 e. The van der Waals surface area contributed by atoms with Gasteiger partial charge in [0.25, 0.3) is 0 Å². The van der Waals surface area contributed by atoms with Crippen molar-refractivity contribution in [3.05, 3.63) is 0 Å². The second-order valence-electron chi connectivity index (χ2n) is 5.05. The summed E-state index contributed by atoms with van der Waals surface area (Å²) < 4.78 is 10.7. The molecular weight excluding hydrogens is 244 g/mol. The molecule has 0 aromatic carbocycles. The highest BCUT2D eigenvalue weighted by Crippen LogP contribution is 2.28. The molecule has 0 unspecified atom stereocenters. The molecular formula is C14H28N2O3. The third-order valence-corrected chi connectivity index (χ3v) is 3.63. The summed E-state index contributed by atoms with van der Waals surface area (Å²) in [5, 5.41) is 0. The van der Waals surface area contributed by atoms with E-state index in [-0.39, 0.29) is 5.91 Å². The van der Waals surface area contributed by atoms with Gasteiger partial charge in [0.2, 0.25) is 5.91 Å². The summed E-state index contributed by atoms with van der Waals surface area (Å²) >= 11 is 0. The van der Waals surface area contributed by atoms with Gasteiger partial charge in [0, 0.05) is 26.3 Å². The lowest BCUT2D eigenvalue weighted by Gasteiger charge is -2.31. The minimum absolute atomic E-state index is 0.0596. The zero-order valence-electron chi connectivity index (χ0n) is 12.3. The summed E-state index contributed by atoms with van der Waals surface area (Å²) in [7, 11) is 0. The fraction of sp³-hybridized carbons (Fsp3) is 0.929. The minimum Gasteiger partial charge on any atom is -0.380 e. The Morgan fingerprint density at radius 2 is 1.58 bits per heavy atom. The summed E-state index contributed by atoms with van der Waals surface area (Å²) in [6, 6.07) is 0. The molecule has 1 aliphatic rings. The topological polar surface area (TPSA) is 64.8 Å². The van der Waals surface area contributed by atoms with E-state index in [1.807, 2.05) is 13.8 Å². The molecule has 0 radical (unpaired) electrons. The quantitative estimate of drug-likeness (QED) is 0.640. The molecule has 1 aliphatic carbocycles. The predicted octanol–water partition coefficient (Wildman–Crippen LogP) is 1.16. The summed E-state index contributed by atoms with van der Waals surface area (Å²) in [5.41, 5.74) is 5.58. The lowest BCUT2D eigenvalue weighted by Crippen LogP contribution is -2.55. The maximum atomic E-state index is 12.5. The molecule has 112 valence electrons. The first kappa shape index (κ1) is 16.4. The first-order valence-electron chi connectivity index (χ1n) is 7.37. The number of hydrogen-bond donors (Lipinski definition) is 1. The van der Waals surface area contributed by atoms with Crippen LogP contribution in [-0.2, 0) is 14.3 Å². The molecule has 1 saturated carbocycles. The summed E-state index contributed by atoms with van der Waals surface area (Å²) in [5.74, 6) is 0.0596. The van der Waals surface area contributed by atoms with E-state index >= 15 is 0 Å². The number of nitrogens with zero attached hydrogens (tertiary/aromatic N) is 1. The van der Waals surface area contributed by atoms with E-state index in [4.69, 9.17) is 15.2 Å². The van der Waals surface area contributed by atoms with Crippen molar-refractivity contribution in [2.75, 3.05) is 39.5 Å². The van der Waals surface area contributed by atoms with Crippen LogP contribution in [0.25, 0.3) is 0 Å². The molecule has 0 aliphatic heterocycles. The third-order valence-electron chi connectivity index (χ3n) is 3.63. The van der Waals surface area contributed by atoms with Gasteiger partial charge >= 0.3 is 0 Å². The van der Waals surface area contributed by atoms with Gasteiger partial charge in [-0.2, -0.15) is 0 Å². The Hall–Kier alpha value is -0.650. The van der Waals surface area contributed by atoms with E-state index in [0.29, 0.717) is 39.5 Å². The lowest BCUT2D eigenvalue weighted by atomic mass is 9.97. The van der Waals surface area contributed by atoms with Gasteiger partial charge in [0.05, 0.1) is 18.8 Å². The zero-order chi connectivity index (χ0) is 14.1. The van der Waals surface area contributed by atoms with E-state index in [9.17, 15) is 4.79 Å². The van der Waals surface area contributed by atoms with Crippen LogP contribution in [0.1, 0.15) is 39.5 Å². The molecule has 0 saturated heterocycles. The normalized spacial score (nSPS) is 17.6. The number of carbonyl (C=O) groups is 1. The van der Waals surface area contributed by atoms with Gasteiger partial charge < -0.3 is 20.1 Å². The van der Waals surface area contributed by atoms with E-state index in [1.54, 1.807) is 4.90 Å². The molecule has 1 rings (SSSR count). The van der Waals surface area contributed by atoms with Crippen LogP contribution in [0.5, 0.6) is 0 Å². The minimum atomic E-state index is -0.654. The number of nitrogens with two attached hydrogens (primary N) is 1. The van der Waals surface area contributed by atoms with Gasteiger partial charge in [0.1, 0.15) is 0 Å². The second-order valence-corrected chi connectivity index (χ2v) is 5.05. The smallest absolute Gasteiger partial charge is 0.242 e. The summed E-state index contributed by atoms with van der Waals surface area (Å²) in [6.07, 6.45) is 3.69. The van der Waals surface area contributed by atoms with E-state index < -0.39 is 5.54 Å². The Morgan fingerprint density at radius 1 is 1.11 bits per heavy atom. The molecule has 0 aromatic rings. The van der Waals surface area contributed by atoms with Gasteiger partial charge in [-0.05, 0) is 26.7 Å². The van der Waals surface area contributed by atoms with Gasteiger partial charge in [0.15, 0.2) is 0 Å². The van der Waals surface area contributed by atoms with Gasteiger partial charge in [-0.15, -0.1) is 0 Å². The highest BCUT2D eigenvalue weighted by Gasteiger charge is 2.39. The van der Waals surface area contributed by atoms with E-state index in [0.717, 1.165) is 25.7 Å². The van der Waals surface area contributed by atoms with E-state index in [2.05, 4.69) is 0 Å². The molecule has 0 spiro atoms. The van der Waals surface area contributed by atoms with Crippen molar-refractivity contribution in [3.8, 4) is 0 Å². The number of hydrogen-bond acceptors (Lipinski definition) is 4. The van der Waals surface area contributed by atoms with Crippen LogP contribution in [0.4, 0.5) is 0 Å². The van der Waals surface area contributed by atoms with Crippen molar-refractivity contribution < 1.29 is 14.3 Å². The lowest BCUT2D eigenvalue weighted by molar-refractivity contribution is -0.138. The van der Waals surface area contributed by atoms with Crippen molar-refractivity contribution >= 4 is 5.91 Å². The number of amides is 1. The van der Waals surface area contributed by atoms with Gasteiger partial charge in [-0.3, -0.25) is 4.79 Å². The highest BCUT2D eigenvalue weighted by atomic mass is 16.5. The molecule has 1 amide bonds. The van der Waals surface area contributed by atoms with Gasteiger partial charge in [-0.25, -0.2) is 0 Å². The third kappa shape index (κ3) is 5.09.